The molecule has 2 unspecified atom stereocenters. The van der Waals surface area contributed by atoms with Gasteiger partial charge < -0.3 is 5.32 Å². The van der Waals surface area contributed by atoms with Crippen LogP contribution < -0.4 is 5.32 Å². The molecule has 0 aromatic carbocycles. The lowest BCUT2D eigenvalue weighted by molar-refractivity contribution is 0.103. The van der Waals surface area contributed by atoms with E-state index in [1.165, 1.54) is 38.6 Å². The average Bonchev–Trinajstić information content (AvgIpc) is 3.15. The van der Waals surface area contributed by atoms with Gasteiger partial charge in [-0.1, -0.05) is 6.42 Å². The topological polar surface area (TPSA) is 41.1 Å². The van der Waals surface area contributed by atoms with Crippen LogP contribution in [0.4, 0.5) is 5.82 Å². The van der Waals surface area contributed by atoms with E-state index in [2.05, 4.69) is 21.7 Å². The second kappa shape index (κ2) is 5.54. The minimum atomic E-state index is 0.777. The van der Waals surface area contributed by atoms with Crippen LogP contribution >= 0.6 is 11.3 Å². The minimum Gasteiger partial charge on any atom is -0.372 e. The summed E-state index contributed by atoms with van der Waals surface area (Å²) in [5.74, 6) is 2.87. The molecule has 2 atom stereocenters. The monoisotopic (exact) mass is 302 g/mol. The maximum atomic E-state index is 4.78. The largest absolute Gasteiger partial charge is 0.372 e. The van der Waals surface area contributed by atoms with Crippen LogP contribution in [-0.4, -0.2) is 34.5 Å². The number of piperidine rings is 1. The van der Waals surface area contributed by atoms with Crippen molar-refractivity contribution in [2.75, 3.05) is 18.9 Å². The lowest BCUT2D eigenvalue weighted by Gasteiger charge is -2.37. The third-order valence-corrected chi connectivity index (χ3v) is 5.87. The number of aromatic nitrogens is 2. The summed E-state index contributed by atoms with van der Waals surface area (Å²) >= 11 is 1.70. The van der Waals surface area contributed by atoms with E-state index in [1.54, 1.807) is 11.3 Å². The smallest absolute Gasteiger partial charge is 0.146 e. The molecule has 3 heterocycles. The Kier molecular flexibility index (Phi) is 3.55. The van der Waals surface area contributed by atoms with Crippen molar-refractivity contribution < 1.29 is 0 Å². The van der Waals surface area contributed by atoms with Crippen LogP contribution in [0.25, 0.3) is 10.2 Å². The van der Waals surface area contributed by atoms with E-state index in [1.807, 2.05) is 7.05 Å². The molecule has 0 bridgehead atoms. The highest BCUT2D eigenvalue weighted by molar-refractivity contribution is 7.16. The molecule has 1 aliphatic heterocycles. The van der Waals surface area contributed by atoms with Gasteiger partial charge in [0.15, 0.2) is 0 Å². The zero-order valence-electron chi connectivity index (χ0n) is 12.5. The fraction of sp³-hybridized carbons (Fsp3) is 0.625. The number of likely N-dealkylation sites (tertiary alicyclic amines) is 1. The molecule has 2 fully saturated rings. The zero-order chi connectivity index (χ0) is 14.2. The van der Waals surface area contributed by atoms with Gasteiger partial charge in [-0.15, -0.1) is 11.3 Å². The molecule has 1 N–H and O–H groups in total. The van der Waals surface area contributed by atoms with Crippen molar-refractivity contribution in [3.63, 3.8) is 0 Å². The molecule has 2 aliphatic rings. The summed E-state index contributed by atoms with van der Waals surface area (Å²) < 4.78 is 0. The Balaban J connectivity index is 1.61. The van der Waals surface area contributed by atoms with Crippen LogP contribution in [-0.2, 0) is 6.54 Å². The third kappa shape index (κ3) is 2.42. The van der Waals surface area contributed by atoms with Gasteiger partial charge in [-0.2, -0.15) is 0 Å². The second-order valence-corrected chi connectivity index (χ2v) is 7.14. The first kappa shape index (κ1) is 13.5. The molecule has 1 saturated carbocycles. The van der Waals surface area contributed by atoms with Gasteiger partial charge in [0.25, 0.3) is 0 Å². The van der Waals surface area contributed by atoms with Crippen molar-refractivity contribution in [1.29, 1.82) is 0 Å². The Bertz CT molecular complexity index is 638. The average molecular weight is 302 g/mol. The first-order valence-electron chi connectivity index (χ1n) is 8.01. The molecule has 21 heavy (non-hydrogen) atoms. The predicted octanol–water partition coefficient (Wildman–Crippen LogP) is 3.50. The summed E-state index contributed by atoms with van der Waals surface area (Å²) in [7, 11) is 1.94. The summed E-state index contributed by atoms with van der Waals surface area (Å²) in [6.07, 6.45) is 6.95. The van der Waals surface area contributed by atoms with Crippen molar-refractivity contribution in [3.8, 4) is 0 Å². The summed E-state index contributed by atoms with van der Waals surface area (Å²) in [5, 5.41) is 6.45. The van der Waals surface area contributed by atoms with Crippen molar-refractivity contribution in [2.45, 2.75) is 44.7 Å². The molecule has 0 amide bonds. The number of hydrogen-bond donors (Lipinski definition) is 1. The first-order valence-corrected chi connectivity index (χ1v) is 8.89. The molecule has 5 heteroatoms. The van der Waals surface area contributed by atoms with Crippen molar-refractivity contribution >= 4 is 27.4 Å². The third-order valence-electron chi connectivity index (χ3n) is 5.06. The number of anilines is 1. The Labute approximate surface area is 129 Å². The maximum Gasteiger partial charge on any atom is 0.146 e. The van der Waals surface area contributed by atoms with E-state index in [0.29, 0.717) is 0 Å². The molecule has 1 aliphatic carbocycles. The quantitative estimate of drug-likeness (QED) is 0.942. The molecule has 112 valence electrons. The van der Waals surface area contributed by atoms with Gasteiger partial charge in [0.1, 0.15) is 16.5 Å². The fourth-order valence-electron chi connectivity index (χ4n) is 4.10. The number of thiophene rings is 1. The SMILES string of the molecule is CNc1nc(CN2CCCC3CCCC32)nc2sccc12. The van der Waals surface area contributed by atoms with E-state index < -0.39 is 0 Å². The lowest BCUT2D eigenvalue weighted by atomic mass is 9.92. The lowest BCUT2D eigenvalue weighted by Crippen LogP contribution is -2.42. The van der Waals surface area contributed by atoms with E-state index >= 15 is 0 Å². The summed E-state index contributed by atoms with van der Waals surface area (Å²) in [6, 6.07) is 2.88. The van der Waals surface area contributed by atoms with Crippen LogP contribution in [0.5, 0.6) is 0 Å². The second-order valence-electron chi connectivity index (χ2n) is 6.25. The highest BCUT2D eigenvalue weighted by Crippen LogP contribution is 2.37. The van der Waals surface area contributed by atoms with Crippen LogP contribution in [0.2, 0.25) is 0 Å². The Morgan fingerprint density at radius 1 is 1.29 bits per heavy atom. The molecule has 4 nitrogen and oxygen atoms in total. The fourth-order valence-corrected chi connectivity index (χ4v) is 4.88. The molecule has 2 aromatic heterocycles. The van der Waals surface area contributed by atoms with Crippen LogP contribution in [0.3, 0.4) is 0 Å². The number of rotatable bonds is 3. The van der Waals surface area contributed by atoms with Gasteiger partial charge in [-0.3, -0.25) is 4.90 Å². The Morgan fingerprint density at radius 2 is 2.19 bits per heavy atom. The normalized spacial score (nSPS) is 26.1. The minimum absolute atomic E-state index is 0.777. The van der Waals surface area contributed by atoms with Crippen LogP contribution in [0, 0.1) is 5.92 Å². The number of nitrogens with one attached hydrogen (secondary N) is 1. The van der Waals surface area contributed by atoms with E-state index in [4.69, 9.17) is 9.97 Å². The Hall–Kier alpha value is -1.20. The van der Waals surface area contributed by atoms with Crippen LogP contribution in [0.15, 0.2) is 11.4 Å². The van der Waals surface area contributed by atoms with E-state index in [0.717, 1.165) is 40.4 Å². The van der Waals surface area contributed by atoms with Gasteiger partial charge in [0.05, 0.1) is 11.9 Å². The summed E-state index contributed by atoms with van der Waals surface area (Å²) in [5.41, 5.74) is 0. The number of fused-ring (bicyclic) bond motifs is 2. The molecule has 1 saturated heterocycles. The number of nitrogens with zero attached hydrogens (tertiary/aromatic N) is 3. The molecular weight excluding hydrogens is 280 g/mol. The Morgan fingerprint density at radius 3 is 3.10 bits per heavy atom. The molecular formula is C16H22N4S. The molecule has 0 radical (unpaired) electrons. The van der Waals surface area contributed by atoms with Gasteiger partial charge in [0.2, 0.25) is 0 Å². The predicted molar refractivity (Wildman–Crippen MR) is 87.7 cm³/mol. The standard InChI is InChI=1S/C16H22N4S/c1-17-15-12-7-9-21-16(12)19-14(18-15)10-20-8-3-5-11-4-2-6-13(11)20/h7,9,11,13H,2-6,8,10H2,1H3,(H,17,18,19). The summed E-state index contributed by atoms with van der Waals surface area (Å²) in [4.78, 5) is 13.3. The maximum absolute atomic E-state index is 4.78. The van der Waals surface area contributed by atoms with Crippen molar-refractivity contribution in [3.05, 3.63) is 17.3 Å². The molecule has 2 aromatic rings. The summed E-state index contributed by atoms with van der Waals surface area (Å²) in [6.45, 7) is 2.12. The van der Waals surface area contributed by atoms with Gasteiger partial charge in [-0.05, 0) is 49.6 Å². The number of hydrogen-bond acceptors (Lipinski definition) is 5. The van der Waals surface area contributed by atoms with E-state index in [-0.39, 0.29) is 0 Å². The van der Waals surface area contributed by atoms with E-state index in [9.17, 15) is 0 Å². The van der Waals surface area contributed by atoms with Crippen molar-refractivity contribution in [1.82, 2.24) is 14.9 Å². The van der Waals surface area contributed by atoms with Gasteiger partial charge >= 0.3 is 0 Å². The zero-order valence-corrected chi connectivity index (χ0v) is 13.3. The van der Waals surface area contributed by atoms with Gasteiger partial charge in [0, 0.05) is 13.1 Å². The highest BCUT2D eigenvalue weighted by Gasteiger charge is 2.35. The van der Waals surface area contributed by atoms with Crippen LogP contribution in [0.1, 0.15) is 37.9 Å². The molecule has 4 rings (SSSR count). The van der Waals surface area contributed by atoms with Crippen molar-refractivity contribution in [2.24, 2.45) is 5.92 Å². The van der Waals surface area contributed by atoms with Gasteiger partial charge in [-0.25, -0.2) is 9.97 Å². The molecule has 0 spiro atoms. The highest BCUT2D eigenvalue weighted by atomic mass is 32.1. The first-order chi connectivity index (χ1) is 10.3.